The molecule has 0 radical (unpaired) electrons. The lowest BCUT2D eigenvalue weighted by Gasteiger charge is -2.07. The molecule has 1 fully saturated rings. The fourth-order valence-electron chi connectivity index (χ4n) is 1.54. The van der Waals surface area contributed by atoms with Crippen molar-refractivity contribution in [3.05, 3.63) is 17.5 Å². The van der Waals surface area contributed by atoms with E-state index < -0.39 is 5.97 Å². The molecule has 1 aromatic rings. The van der Waals surface area contributed by atoms with Gasteiger partial charge in [-0.05, 0) is 19.3 Å². The van der Waals surface area contributed by atoms with Crippen molar-refractivity contribution in [2.45, 2.75) is 38.6 Å². The Morgan fingerprint density at radius 2 is 2.38 bits per heavy atom. The van der Waals surface area contributed by atoms with Gasteiger partial charge in [0.15, 0.2) is 0 Å². The normalized spacial score (nSPS) is 14.8. The highest BCUT2D eigenvalue weighted by atomic mass is 16.4. The summed E-state index contributed by atoms with van der Waals surface area (Å²) < 4.78 is 0. The molecule has 16 heavy (non-hydrogen) atoms. The Labute approximate surface area is 93.9 Å². The molecular weight excluding hydrogens is 206 g/mol. The van der Waals surface area contributed by atoms with E-state index in [1.165, 1.54) is 12.8 Å². The van der Waals surface area contributed by atoms with Crippen LogP contribution in [-0.4, -0.2) is 27.1 Å². The van der Waals surface area contributed by atoms with Crippen molar-refractivity contribution in [1.82, 2.24) is 9.97 Å². The maximum Gasteiger partial charge on any atom is 0.307 e. The highest BCUT2D eigenvalue weighted by molar-refractivity contribution is 5.70. The van der Waals surface area contributed by atoms with Crippen LogP contribution in [0.3, 0.4) is 0 Å². The van der Waals surface area contributed by atoms with E-state index in [0.717, 1.165) is 12.1 Å². The molecule has 0 saturated heterocycles. The van der Waals surface area contributed by atoms with Gasteiger partial charge in [0.25, 0.3) is 0 Å². The number of aromatic nitrogens is 2. The van der Waals surface area contributed by atoms with Gasteiger partial charge in [0.2, 0.25) is 5.95 Å². The number of aliphatic carboxylic acids is 1. The average molecular weight is 221 g/mol. The second-order valence-electron chi connectivity index (χ2n) is 4.01. The molecule has 5 heteroatoms. The van der Waals surface area contributed by atoms with Gasteiger partial charge in [0.1, 0.15) is 0 Å². The van der Waals surface area contributed by atoms with Gasteiger partial charge in [-0.1, -0.05) is 6.92 Å². The van der Waals surface area contributed by atoms with E-state index in [4.69, 9.17) is 5.11 Å². The van der Waals surface area contributed by atoms with Crippen LogP contribution in [0.1, 0.15) is 31.0 Å². The Balaban J connectivity index is 2.15. The van der Waals surface area contributed by atoms with E-state index in [2.05, 4.69) is 15.3 Å². The third-order valence-corrected chi connectivity index (χ3v) is 2.54. The van der Waals surface area contributed by atoms with Gasteiger partial charge in [-0.15, -0.1) is 0 Å². The first-order chi connectivity index (χ1) is 7.69. The van der Waals surface area contributed by atoms with Gasteiger partial charge in [0.05, 0.1) is 6.42 Å². The SMILES string of the molecule is CCc1nc(NC2CC2)ncc1CC(=O)O. The molecule has 86 valence electrons. The molecule has 0 bridgehead atoms. The zero-order valence-corrected chi connectivity index (χ0v) is 9.23. The predicted molar refractivity (Wildman–Crippen MR) is 59.4 cm³/mol. The first kappa shape index (κ1) is 10.9. The molecule has 0 amide bonds. The lowest BCUT2D eigenvalue weighted by molar-refractivity contribution is -0.136. The van der Waals surface area contributed by atoms with E-state index in [-0.39, 0.29) is 6.42 Å². The number of carboxylic acid groups (broad SMARTS) is 1. The molecule has 1 aromatic heterocycles. The van der Waals surface area contributed by atoms with Crippen molar-refractivity contribution in [3.63, 3.8) is 0 Å². The van der Waals surface area contributed by atoms with Crippen LogP contribution in [0.4, 0.5) is 5.95 Å². The molecule has 0 unspecified atom stereocenters. The number of carboxylic acids is 1. The van der Waals surface area contributed by atoms with E-state index in [1.54, 1.807) is 6.20 Å². The molecule has 1 saturated carbocycles. The first-order valence-corrected chi connectivity index (χ1v) is 5.52. The van der Waals surface area contributed by atoms with Crippen molar-refractivity contribution in [2.24, 2.45) is 0 Å². The summed E-state index contributed by atoms with van der Waals surface area (Å²) in [4.78, 5) is 19.1. The minimum Gasteiger partial charge on any atom is -0.481 e. The summed E-state index contributed by atoms with van der Waals surface area (Å²) in [6.45, 7) is 1.97. The van der Waals surface area contributed by atoms with Crippen LogP contribution in [0, 0.1) is 0 Å². The minimum atomic E-state index is -0.846. The lowest BCUT2D eigenvalue weighted by atomic mass is 10.1. The average Bonchev–Trinajstić information content (AvgIpc) is 3.03. The van der Waals surface area contributed by atoms with Crippen LogP contribution in [0.2, 0.25) is 0 Å². The largest absolute Gasteiger partial charge is 0.481 e. The lowest BCUT2D eigenvalue weighted by Crippen LogP contribution is -2.10. The first-order valence-electron chi connectivity index (χ1n) is 5.52. The molecule has 1 aliphatic carbocycles. The van der Waals surface area contributed by atoms with E-state index in [9.17, 15) is 4.79 Å². The molecule has 0 aliphatic heterocycles. The zero-order chi connectivity index (χ0) is 11.5. The Bertz CT molecular complexity index is 402. The Kier molecular flexibility index (Phi) is 3.03. The second-order valence-corrected chi connectivity index (χ2v) is 4.01. The van der Waals surface area contributed by atoms with Gasteiger partial charge in [0, 0.05) is 23.5 Å². The standard InChI is InChI=1S/C11H15N3O2/c1-2-9-7(5-10(15)16)6-12-11(14-9)13-8-3-4-8/h6,8H,2-5H2,1H3,(H,15,16)(H,12,13,14). The maximum atomic E-state index is 10.6. The second kappa shape index (κ2) is 4.47. The summed E-state index contributed by atoms with van der Waals surface area (Å²) in [6.07, 6.45) is 4.67. The third-order valence-electron chi connectivity index (χ3n) is 2.54. The quantitative estimate of drug-likeness (QED) is 0.782. The minimum absolute atomic E-state index is 0.00706. The van der Waals surface area contributed by atoms with E-state index in [0.29, 0.717) is 17.6 Å². The number of anilines is 1. The summed E-state index contributed by atoms with van der Waals surface area (Å²) >= 11 is 0. The Morgan fingerprint density at radius 1 is 1.62 bits per heavy atom. The van der Waals surface area contributed by atoms with Gasteiger partial charge >= 0.3 is 5.97 Å². The molecular formula is C11H15N3O2. The molecule has 2 N–H and O–H groups in total. The molecule has 2 rings (SSSR count). The van der Waals surface area contributed by atoms with Crippen LogP contribution in [0.25, 0.3) is 0 Å². The van der Waals surface area contributed by atoms with Crippen LogP contribution in [0.5, 0.6) is 0 Å². The van der Waals surface area contributed by atoms with Crippen molar-refractivity contribution in [2.75, 3.05) is 5.32 Å². The fourth-order valence-corrected chi connectivity index (χ4v) is 1.54. The topological polar surface area (TPSA) is 75.1 Å². The monoisotopic (exact) mass is 221 g/mol. The number of carbonyl (C=O) groups is 1. The highest BCUT2D eigenvalue weighted by Crippen LogP contribution is 2.23. The molecule has 0 aromatic carbocycles. The Hall–Kier alpha value is -1.65. The van der Waals surface area contributed by atoms with Gasteiger partial charge in [-0.2, -0.15) is 0 Å². The third kappa shape index (κ3) is 2.68. The number of aryl methyl sites for hydroxylation is 1. The smallest absolute Gasteiger partial charge is 0.307 e. The summed E-state index contributed by atoms with van der Waals surface area (Å²) in [7, 11) is 0. The van der Waals surface area contributed by atoms with Crippen molar-refractivity contribution >= 4 is 11.9 Å². The van der Waals surface area contributed by atoms with Crippen LogP contribution >= 0.6 is 0 Å². The number of hydrogen-bond donors (Lipinski definition) is 2. The number of rotatable bonds is 5. The number of nitrogens with one attached hydrogen (secondary N) is 1. The highest BCUT2D eigenvalue weighted by Gasteiger charge is 2.22. The summed E-state index contributed by atoms with van der Waals surface area (Å²) in [5.74, 6) is -0.227. The van der Waals surface area contributed by atoms with Crippen molar-refractivity contribution in [3.8, 4) is 0 Å². The molecule has 0 atom stereocenters. The van der Waals surface area contributed by atoms with Crippen LogP contribution in [0.15, 0.2) is 6.20 Å². The summed E-state index contributed by atoms with van der Waals surface area (Å²) in [5.41, 5.74) is 1.52. The van der Waals surface area contributed by atoms with Gasteiger partial charge in [-0.3, -0.25) is 4.79 Å². The number of hydrogen-bond acceptors (Lipinski definition) is 4. The predicted octanol–water partition coefficient (Wildman–Crippen LogP) is 1.24. The van der Waals surface area contributed by atoms with E-state index >= 15 is 0 Å². The van der Waals surface area contributed by atoms with Crippen molar-refractivity contribution < 1.29 is 9.90 Å². The molecule has 5 nitrogen and oxygen atoms in total. The molecule has 1 aliphatic rings. The van der Waals surface area contributed by atoms with E-state index in [1.807, 2.05) is 6.92 Å². The zero-order valence-electron chi connectivity index (χ0n) is 9.23. The molecule has 1 heterocycles. The van der Waals surface area contributed by atoms with Gasteiger partial charge < -0.3 is 10.4 Å². The maximum absolute atomic E-state index is 10.6. The fraction of sp³-hybridized carbons (Fsp3) is 0.545. The summed E-state index contributed by atoms with van der Waals surface area (Å²) in [5, 5.41) is 11.9. The van der Waals surface area contributed by atoms with Gasteiger partial charge in [-0.25, -0.2) is 9.97 Å². The van der Waals surface area contributed by atoms with Crippen molar-refractivity contribution in [1.29, 1.82) is 0 Å². The van der Waals surface area contributed by atoms with Crippen LogP contribution < -0.4 is 5.32 Å². The van der Waals surface area contributed by atoms with Crippen LogP contribution in [-0.2, 0) is 17.6 Å². The number of nitrogens with zero attached hydrogens (tertiary/aromatic N) is 2. The molecule has 0 spiro atoms. The summed E-state index contributed by atoms with van der Waals surface area (Å²) in [6, 6.07) is 0.509. The Morgan fingerprint density at radius 3 is 2.94 bits per heavy atom.